The van der Waals surface area contributed by atoms with Crippen LogP contribution in [-0.4, -0.2) is 41.0 Å². The minimum atomic E-state index is -2.95. The Morgan fingerprint density at radius 3 is 2.78 bits per heavy atom. The molecule has 0 N–H and O–H groups in total. The van der Waals surface area contributed by atoms with Gasteiger partial charge in [-0.3, -0.25) is 4.90 Å². The molecule has 4 rings (SSSR count). The second-order valence-corrected chi connectivity index (χ2v) is 8.59. The molecular weight excluding hydrogens is 318 g/mol. The summed E-state index contributed by atoms with van der Waals surface area (Å²) in [4.78, 5) is 6.51. The zero-order valence-corrected chi connectivity index (χ0v) is 13.5. The lowest BCUT2D eigenvalue weighted by atomic mass is 10.2. The van der Waals surface area contributed by atoms with Gasteiger partial charge < -0.3 is 8.94 Å². The first-order valence-electron chi connectivity index (χ1n) is 7.88. The van der Waals surface area contributed by atoms with Crippen LogP contribution in [0.25, 0.3) is 0 Å². The standard InChI is InChI=1S/C15H19N3O4S/c19-23(20)7-5-12(10-23)18(8-13-2-1-6-21-13)9-14-16-15(17-22-14)11-3-4-11/h1-2,6,11-12H,3-5,7-10H2/t12-/m1/s1. The molecule has 8 heteroatoms. The number of sulfone groups is 1. The molecule has 3 heterocycles. The van der Waals surface area contributed by atoms with E-state index in [0.717, 1.165) is 24.4 Å². The normalized spacial score (nSPS) is 23.6. The van der Waals surface area contributed by atoms with Gasteiger partial charge in [-0.2, -0.15) is 4.98 Å². The van der Waals surface area contributed by atoms with Crippen molar-refractivity contribution in [1.82, 2.24) is 15.0 Å². The Kier molecular flexibility index (Phi) is 3.73. The average molecular weight is 337 g/mol. The smallest absolute Gasteiger partial charge is 0.240 e. The fraction of sp³-hybridized carbons (Fsp3) is 0.600. The van der Waals surface area contributed by atoms with Crippen LogP contribution in [0.3, 0.4) is 0 Å². The van der Waals surface area contributed by atoms with Gasteiger partial charge in [-0.25, -0.2) is 8.42 Å². The fourth-order valence-corrected chi connectivity index (χ4v) is 4.76. The molecule has 1 aliphatic heterocycles. The van der Waals surface area contributed by atoms with E-state index in [-0.39, 0.29) is 17.5 Å². The molecule has 2 aliphatic rings. The van der Waals surface area contributed by atoms with E-state index in [1.165, 1.54) is 0 Å². The number of hydrogen-bond donors (Lipinski definition) is 0. The van der Waals surface area contributed by atoms with Crippen molar-refractivity contribution in [3.05, 3.63) is 35.9 Å². The maximum absolute atomic E-state index is 11.8. The largest absolute Gasteiger partial charge is 0.468 e. The summed E-state index contributed by atoms with van der Waals surface area (Å²) < 4.78 is 34.4. The first-order chi connectivity index (χ1) is 11.1. The highest BCUT2D eigenvalue weighted by molar-refractivity contribution is 7.91. The van der Waals surface area contributed by atoms with Gasteiger partial charge in [-0.1, -0.05) is 5.16 Å². The lowest BCUT2D eigenvalue weighted by Crippen LogP contribution is -2.35. The summed E-state index contributed by atoms with van der Waals surface area (Å²) in [6.45, 7) is 0.981. The van der Waals surface area contributed by atoms with Gasteiger partial charge in [0.05, 0.1) is 30.9 Å². The summed E-state index contributed by atoms with van der Waals surface area (Å²) in [6, 6.07) is 3.68. The molecule has 0 amide bonds. The van der Waals surface area contributed by atoms with Gasteiger partial charge >= 0.3 is 0 Å². The molecule has 0 radical (unpaired) electrons. The molecule has 1 aliphatic carbocycles. The third kappa shape index (κ3) is 3.48. The fourth-order valence-electron chi connectivity index (χ4n) is 2.99. The Bertz CT molecular complexity index is 765. The van der Waals surface area contributed by atoms with Crippen molar-refractivity contribution in [3.8, 4) is 0 Å². The van der Waals surface area contributed by atoms with E-state index < -0.39 is 9.84 Å². The Balaban J connectivity index is 1.51. The van der Waals surface area contributed by atoms with E-state index >= 15 is 0 Å². The summed E-state index contributed by atoms with van der Waals surface area (Å²) in [5.41, 5.74) is 0. The lowest BCUT2D eigenvalue weighted by molar-refractivity contribution is 0.157. The first kappa shape index (κ1) is 14.9. The third-order valence-corrected chi connectivity index (χ3v) is 6.18. The van der Waals surface area contributed by atoms with Crippen molar-refractivity contribution in [1.29, 1.82) is 0 Å². The molecule has 1 atom stereocenters. The predicted molar refractivity (Wildman–Crippen MR) is 81.3 cm³/mol. The average Bonchev–Trinajstić information content (AvgIpc) is 2.91. The molecule has 124 valence electrons. The van der Waals surface area contributed by atoms with Gasteiger partial charge in [-0.05, 0) is 31.4 Å². The molecule has 23 heavy (non-hydrogen) atoms. The molecule has 0 bridgehead atoms. The van der Waals surface area contributed by atoms with Crippen LogP contribution in [0.15, 0.2) is 27.3 Å². The van der Waals surface area contributed by atoms with Crippen molar-refractivity contribution in [2.45, 2.75) is 44.3 Å². The van der Waals surface area contributed by atoms with E-state index in [4.69, 9.17) is 8.94 Å². The van der Waals surface area contributed by atoms with Gasteiger partial charge in [0.25, 0.3) is 0 Å². The van der Waals surface area contributed by atoms with Crippen molar-refractivity contribution >= 4 is 9.84 Å². The quantitative estimate of drug-likeness (QED) is 0.793. The Labute approximate surface area is 134 Å². The van der Waals surface area contributed by atoms with Gasteiger partial charge in [0.2, 0.25) is 5.89 Å². The van der Waals surface area contributed by atoms with Gasteiger partial charge in [0.1, 0.15) is 5.76 Å². The lowest BCUT2D eigenvalue weighted by Gasteiger charge is -2.25. The molecule has 1 saturated carbocycles. The first-order valence-corrected chi connectivity index (χ1v) is 9.70. The molecule has 1 saturated heterocycles. The van der Waals surface area contributed by atoms with Crippen LogP contribution in [0, 0.1) is 0 Å². The Hall–Kier alpha value is -1.67. The van der Waals surface area contributed by atoms with E-state index in [0.29, 0.717) is 31.3 Å². The Morgan fingerprint density at radius 1 is 1.26 bits per heavy atom. The topological polar surface area (TPSA) is 89.4 Å². The second kappa shape index (κ2) is 5.76. The van der Waals surface area contributed by atoms with Crippen LogP contribution in [0.1, 0.15) is 42.7 Å². The monoisotopic (exact) mass is 337 g/mol. The zero-order chi connectivity index (χ0) is 15.9. The molecule has 0 unspecified atom stereocenters. The number of aromatic nitrogens is 2. The second-order valence-electron chi connectivity index (χ2n) is 6.36. The van der Waals surface area contributed by atoms with Crippen LogP contribution >= 0.6 is 0 Å². The third-order valence-electron chi connectivity index (χ3n) is 4.43. The summed E-state index contributed by atoms with van der Waals surface area (Å²) in [7, 11) is -2.95. The number of hydrogen-bond acceptors (Lipinski definition) is 7. The summed E-state index contributed by atoms with van der Waals surface area (Å²) in [6.07, 6.45) is 4.50. The van der Waals surface area contributed by atoms with E-state index in [2.05, 4.69) is 15.0 Å². The van der Waals surface area contributed by atoms with Crippen molar-refractivity contribution < 1.29 is 17.4 Å². The molecule has 0 spiro atoms. The van der Waals surface area contributed by atoms with Gasteiger partial charge in [0.15, 0.2) is 15.7 Å². The number of furan rings is 1. The maximum Gasteiger partial charge on any atom is 0.240 e. The highest BCUT2D eigenvalue weighted by Crippen LogP contribution is 2.38. The minimum absolute atomic E-state index is 0.0404. The van der Waals surface area contributed by atoms with Gasteiger partial charge in [0, 0.05) is 12.0 Å². The molecule has 7 nitrogen and oxygen atoms in total. The maximum atomic E-state index is 11.8. The highest BCUT2D eigenvalue weighted by Gasteiger charge is 2.34. The minimum Gasteiger partial charge on any atom is -0.468 e. The SMILES string of the molecule is O=S1(=O)CC[C@@H](N(Cc2ccco2)Cc2nc(C3CC3)no2)C1. The van der Waals surface area contributed by atoms with Crippen LogP contribution in [-0.2, 0) is 22.9 Å². The number of nitrogens with zero attached hydrogens (tertiary/aromatic N) is 3. The number of rotatable bonds is 6. The Morgan fingerprint density at radius 2 is 2.13 bits per heavy atom. The van der Waals surface area contributed by atoms with E-state index in [1.807, 2.05) is 12.1 Å². The van der Waals surface area contributed by atoms with Crippen LogP contribution < -0.4 is 0 Å². The summed E-state index contributed by atoms with van der Waals surface area (Å²) >= 11 is 0. The van der Waals surface area contributed by atoms with E-state index in [9.17, 15) is 8.42 Å². The molecule has 2 fully saturated rings. The van der Waals surface area contributed by atoms with Crippen molar-refractivity contribution in [2.24, 2.45) is 0 Å². The van der Waals surface area contributed by atoms with Crippen molar-refractivity contribution in [2.75, 3.05) is 11.5 Å². The van der Waals surface area contributed by atoms with Crippen molar-refractivity contribution in [3.63, 3.8) is 0 Å². The van der Waals surface area contributed by atoms with Crippen LogP contribution in [0.5, 0.6) is 0 Å². The molecular formula is C15H19N3O4S. The zero-order valence-electron chi connectivity index (χ0n) is 12.7. The summed E-state index contributed by atoms with van der Waals surface area (Å²) in [5.74, 6) is 2.98. The summed E-state index contributed by atoms with van der Waals surface area (Å²) in [5, 5.41) is 4.03. The van der Waals surface area contributed by atoms with Gasteiger partial charge in [-0.15, -0.1) is 0 Å². The predicted octanol–water partition coefficient (Wildman–Crippen LogP) is 1.73. The molecule has 0 aromatic carbocycles. The molecule has 2 aromatic rings. The van der Waals surface area contributed by atoms with E-state index in [1.54, 1.807) is 6.26 Å². The highest BCUT2D eigenvalue weighted by atomic mass is 32.2. The molecule has 2 aromatic heterocycles. The van der Waals surface area contributed by atoms with Crippen LogP contribution in [0.4, 0.5) is 0 Å². The van der Waals surface area contributed by atoms with Crippen LogP contribution in [0.2, 0.25) is 0 Å².